The summed E-state index contributed by atoms with van der Waals surface area (Å²) in [5.41, 5.74) is 0.614. The highest BCUT2D eigenvalue weighted by atomic mass is 16.5. The second-order valence-electron chi connectivity index (χ2n) is 5.05. The van der Waals surface area contributed by atoms with E-state index in [-0.39, 0.29) is 5.91 Å². The molecule has 6 nitrogen and oxygen atoms in total. The third-order valence-corrected chi connectivity index (χ3v) is 3.26. The molecule has 0 bridgehead atoms. The molecule has 0 aliphatic rings. The van der Waals surface area contributed by atoms with Crippen LogP contribution in [-0.2, 0) is 4.79 Å². The Balaban J connectivity index is 2.78. The number of nitrogens with zero attached hydrogens (tertiary/aromatic N) is 1. The standard InChI is InChI=1S/C16H26N2O4/c1-6-7-8-18(2)11-15(19)17-12-9-13(20-3)16(22-5)14(10-12)21-4/h9-10H,6-8,11H2,1-5H3,(H,17,19). The first kappa shape index (κ1) is 18.1. The molecule has 0 aliphatic heterocycles. The van der Waals surface area contributed by atoms with E-state index in [1.165, 1.54) is 0 Å². The number of ether oxygens (including phenoxy) is 3. The fraction of sp³-hybridized carbons (Fsp3) is 0.562. The first-order chi connectivity index (χ1) is 10.5. The van der Waals surface area contributed by atoms with E-state index in [2.05, 4.69) is 12.2 Å². The number of hydrogen-bond acceptors (Lipinski definition) is 5. The molecular formula is C16H26N2O4. The average Bonchev–Trinajstić information content (AvgIpc) is 2.51. The fourth-order valence-corrected chi connectivity index (χ4v) is 2.11. The maximum atomic E-state index is 12.1. The maximum Gasteiger partial charge on any atom is 0.238 e. The van der Waals surface area contributed by atoms with Gasteiger partial charge in [-0.15, -0.1) is 0 Å². The summed E-state index contributed by atoms with van der Waals surface area (Å²) in [6.07, 6.45) is 2.19. The number of methoxy groups -OCH3 is 3. The highest BCUT2D eigenvalue weighted by Gasteiger charge is 2.15. The van der Waals surface area contributed by atoms with Crippen molar-refractivity contribution in [1.82, 2.24) is 4.90 Å². The van der Waals surface area contributed by atoms with Crippen LogP contribution in [0, 0.1) is 0 Å². The quantitative estimate of drug-likeness (QED) is 0.759. The van der Waals surface area contributed by atoms with Gasteiger partial charge >= 0.3 is 0 Å². The summed E-state index contributed by atoms with van der Waals surface area (Å²) in [5.74, 6) is 1.45. The van der Waals surface area contributed by atoms with Gasteiger partial charge in [-0.05, 0) is 20.0 Å². The molecule has 0 saturated heterocycles. The Morgan fingerprint density at radius 3 is 2.18 bits per heavy atom. The second kappa shape index (κ2) is 9.15. The molecule has 0 heterocycles. The number of amides is 1. The van der Waals surface area contributed by atoms with Gasteiger partial charge in [0, 0.05) is 17.8 Å². The van der Waals surface area contributed by atoms with Gasteiger partial charge in [-0.1, -0.05) is 13.3 Å². The Morgan fingerprint density at radius 2 is 1.73 bits per heavy atom. The van der Waals surface area contributed by atoms with Crippen molar-refractivity contribution >= 4 is 11.6 Å². The molecule has 1 rings (SSSR count). The fourth-order valence-electron chi connectivity index (χ4n) is 2.11. The number of rotatable bonds is 9. The third-order valence-electron chi connectivity index (χ3n) is 3.26. The van der Waals surface area contributed by atoms with Crippen LogP contribution in [-0.4, -0.2) is 52.3 Å². The number of carbonyl (C=O) groups is 1. The Bertz CT molecular complexity index is 466. The Hall–Kier alpha value is -1.95. The van der Waals surface area contributed by atoms with E-state index in [0.717, 1.165) is 19.4 Å². The zero-order chi connectivity index (χ0) is 16.5. The third kappa shape index (κ3) is 5.11. The normalized spacial score (nSPS) is 10.5. The Labute approximate surface area is 132 Å². The van der Waals surface area contributed by atoms with E-state index in [4.69, 9.17) is 14.2 Å². The van der Waals surface area contributed by atoms with Crippen molar-refractivity contribution in [3.8, 4) is 17.2 Å². The molecule has 0 aliphatic carbocycles. The van der Waals surface area contributed by atoms with Gasteiger partial charge in [-0.25, -0.2) is 0 Å². The lowest BCUT2D eigenvalue weighted by Crippen LogP contribution is -2.30. The summed E-state index contributed by atoms with van der Waals surface area (Å²) >= 11 is 0. The highest BCUT2D eigenvalue weighted by molar-refractivity contribution is 5.93. The van der Waals surface area contributed by atoms with E-state index in [1.807, 2.05) is 11.9 Å². The van der Waals surface area contributed by atoms with Crippen molar-refractivity contribution in [1.29, 1.82) is 0 Å². The lowest BCUT2D eigenvalue weighted by Gasteiger charge is -2.17. The van der Waals surface area contributed by atoms with Crippen LogP contribution in [0.2, 0.25) is 0 Å². The predicted molar refractivity (Wildman–Crippen MR) is 87.1 cm³/mol. The van der Waals surface area contributed by atoms with Gasteiger partial charge in [0.15, 0.2) is 11.5 Å². The molecule has 0 aromatic heterocycles. The molecule has 22 heavy (non-hydrogen) atoms. The van der Waals surface area contributed by atoms with E-state index in [0.29, 0.717) is 29.5 Å². The summed E-state index contributed by atoms with van der Waals surface area (Å²) in [5, 5.41) is 2.85. The average molecular weight is 310 g/mol. The largest absolute Gasteiger partial charge is 0.493 e. The zero-order valence-electron chi connectivity index (χ0n) is 14.1. The summed E-state index contributed by atoms with van der Waals surface area (Å²) in [6, 6.07) is 3.43. The van der Waals surface area contributed by atoms with Gasteiger partial charge < -0.3 is 19.5 Å². The Morgan fingerprint density at radius 1 is 1.14 bits per heavy atom. The lowest BCUT2D eigenvalue weighted by atomic mass is 10.2. The Kier molecular flexibility index (Phi) is 7.52. The van der Waals surface area contributed by atoms with Crippen molar-refractivity contribution < 1.29 is 19.0 Å². The molecule has 0 spiro atoms. The molecule has 0 saturated carbocycles. The number of unbranched alkanes of at least 4 members (excludes halogenated alkanes) is 1. The van der Waals surface area contributed by atoms with Crippen molar-refractivity contribution in [3.63, 3.8) is 0 Å². The van der Waals surface area contributed by atoms with Crippen molar-refractivity contribution in [2.75, 3.05) is 46.8 Å². The zero-order valence-corrected chi connectivity index (χ0v) is 14.1. The number of likely N-dealkylation sites (N-methyl/N-ethyl adjacent to an activating group) is 1. The molecule has 0 radical (unpaired) electrons. The van der Waals surface area contributed by atoms with Crippen LogP contribution in [0.25, 0.3) is 0 Å². The van der Waals surface area contributed by atoms with Crippen molar-refractivity contribution in [2.45, 2.75) is 19.8 Å². The van der Waals surface area contributed by atoms with Crippen LogP contribution in [0.5, 0.6) is 17.2 Å². The van der Waals surface area contributed by atoms with Gasteiger partial charge in [0.25, 0.3) is 0 Å². The molecule has 1 aromatic carbocycles. The molecular weight excluding hydrogens is 284 g/mol. The summed E-state index contributed by atoms with van der Waals surface area (Å²) in [4.78, 5) is 14.1. The molecule has 1 aromatic rings. The molecule has 1 amide bonds. The van der Waals surface area contributed by atoms with E-state index in [1.54, 1.807) is 33.5 Å². The molecule has 124 valence electrons. The number of nitrogens with one attached hydrogen (secondary N) is 1. The molecule has 0 atom stereocenters. The summed E-state index contributed by atoms with van der Waals surface area (Å²) < 4.78 is 15.8. The first-order valence-corrected chi connectivity index (χ1v) is 7.34. The second-order valence-corrected chi connectivity index (χ2v) is 5.05. The minimum atomic E-state index is -0.0760. The number of hydrogen-bond donors (Lipinski definition) is 1. The number of carbonyl (C=O) groups excluding carboxylic acids is 1. The monoisotopic (exact) mass is 310 g/mol. The van der Waals surface area contributed by atoms with Crippen LogP contribution >= 0.6 is 0 Å². The highest BCUT2D eigenvalue weighted by Crippen LogP contribution is 2.39. The molecule has 6 heteroatoms. The van der Waals surface area contributed by atoms with Crippen LogP contribution in [0.1, 0.15) is 19.8 Å². The molecule has 0 unspecified atom stereocenters. The topological polar surface area (TPSA) is 60.0 Å². The minimum absolute atomic E-state index is 0.0760. The smallest absolute Gasteiger partial charge is 0.238 e. The van der Waals surface area contributed by atoms with Crippen molar-refractivity contribution in [3.05, 3.63) is 12.1 Å². The van der Waals surface area contributed by atoms with Crippen LogP contribution in [0.4, 0.5) is 5.69 Å². The minimum Gasteiger partial charge on any atom is -0.493 e. The van der Waals surface area contributed by atoms with Gasteiger partial charge in [0.05, 0.1) is 27.9 Å². The van der Waals surface area contributed by atoms with E-state index >= 15 is 0 Å². The predicted octanol–water partition coefficient (Wildman–Crippen LogP) is 2.38. The lowest BCUT2D eigenvalue weighted by molar-refractivity contribution is -0.117. The van der Waals surface area contributed by atoms with Gasteiger partial charge in [-0.3, -0.25) is 9.69 Å². The van der Waals surface area contributed by atoms with E-state index < -0.39 is 0 Å². The van der Waals surface area contributed by atoms with E-state index in [9.17, 15) is 4.79 Å². The van der Waals surface area contributed by atoms with Gasteiger partial charge in [0.2, 0.25) is 11.7 Å². The van der Waals surface area contributed by atoms with Crippen LogP contribution < -0.4 is 19.5 Å². The van der Waals surface area contributed by atoms with Gasteiger partial charge in [-0.2, -0.15) is 0 Å². The summed E-state index contributed by atoms with van der Waals surface area (Å²) in [7, 11) is 6.56. The SMILES string of the molecule is CCCCN(C)CC(=O)Nc1cc(OC)c(OC)c(OC)c1. The molecule has 1 N–H and O–H groups in total. The number of benzene rings is 1. The number of anilines is 1. The van der Waals surface area contributed by atoms with Crippen LogP contribution in [0.15, 0.2) is 12.1 Å². The first-order valence-electron chi connectivity index (χ1n) is 7.34. The van der Waals surface area contributed by atoms with Crippen molar-refractivity contribution in [2.24, 2.45) is 0 Å². The molecule has 0 fully saturated rings. The van der Waals surface area contributed by atoms with Gasteiger partial charge in [0.1, 0.15) is 0 Å². The van der Waals surface area contributed by atoms with Crippen LogP contribution in [0.3, 0.4) is 0 Å². The summed E-state index contributed by atoms with van der Waals surface area (Å²) in [6.45, 7) is 3.37. The maximum absolute atomic E-state index is 12.1.